The Labute approximate surface area is 203 Å². The van der Waals surface area contributed by atoms with Gasteiger partial charge in [0.25, 0.3) is 5.91 Å². The number of aromatic nitrogens is 4. The second-order valence-electron chi connectivity index (χ2n) is 9.86. The number of likely N-dealkylation sites (tertiary alicyclic amines) is 1. The Morgan fingerprint density at radius 1 is 0.971 bits per heavy atom. The number of benzene rings is 2. The molecule has 7 heteroatoms. The number of hydrogen-bond donors (Lipinski definition) is 0. The van der Waals surface area contributed by atoms with E-state index in [-0.39, 0.29) is 11.7 Å². The summed E-state index contributed by atoms with van der Waals surface area (Å²) in [6.45, 7) is 2.48. The van der Waals surface area contributed by atoms with Crippen LogP contribution in [0.15, 0.2) is 60.9 Å². The Hall–Kier alpha value is -3.61. The van der Waals surface area contributed by atoms with Crippen LogP contribution < -0.4 is 0 Å². The lowest BCUT2D eigenvalue weighted by Crippen LogP contribution is -2.39. The zero-order valence-electron chi connectivity index (χ0n) is 19.6. The van der Waals surface area contributed by atoms with Crippen molar-refractivity contribution in [1.82, 2.24) is 24.6 Å². The third-order valence-corrected chi connectivity index (χ3v) is 7.31. The first kappa shape index (κ1) is 21.9. The Morgan fingerprint density at radius 2 is 1.74 bits per heavy atom. The van der Waals surface area contributed by atoms with Crippen molar-refractivity contribution in [3.8, 4) is 11.3 Å². The number of carbonyl (C=O) groups excluding carboxylic acids is 1. The number of amides is 1. The highest BCUT2D eigenvalue weighted by Gasteiger charge is 2.28. The van der Waals surface area contributed by atoms with Gasteiger partial charge in [-0.15, -0.1) is 10.2 Å². The highest BCUT2D eigenvalue weighted by Crippen LogP contribution is 2.32. The number of nitrogens with zero attached hydrogens (tertiary/aromatic N) is 5. The van der Waals surface area contributed by atoms with E-state index in [1.165, 1.54) is 25.0 Å². The van der Waals surface area contributed by atoms with Crippen LogP contribution in [-0.4, -0.2) is 43.6 Å². The molecule has 1 amide bonds. The molecule has 6 nitrogen and oxygen atoms in total. The van der Waals surface area contributed by atoms with Gasteiger partial charge in [-0.1, -0.05) is 18.2 Å². The molecule has 2 aromatic heterocycles. The van der Waals surface area contributed by atoms with E-state index in [2.05, 4.69) is 14.8 Å². The second kappa shape index (κ2) is 9.21. The van der Waals surface area contributed by atoms with Crippen molar-refractivity contribution in [2.24, 2.45) is 11.8 Å². The zero-order chi connectivity index (χ0) is 23.8. The van der Waals surface area contributed by atoms with Crippen LogP contribution in [0.5, 0.6) is 0 Å². The molecule has 3 heterocycles. The lowest BCUT2D eigenvalue weighted by molar-refractivity contribution is 0.0691. The summed E-state index contributed by atoms with van der Waals surface area (Å²) in [6, 6.07) is 15.8. The lowest BCUT2D eigenvalue weighted by atomic mass is 9.92. The minimum absolute atomic E-state index is 0.0299. The van der Waals surface area contributed by atoms with E-state index in [0.717, 1.165) is 67.1 Å². The van der Waals surface area contributed by atoms with Gasteiger partial charge in [-0.25, -0.2) is 9.37 Å². The van der Waals surface area contributed by atoms with Crippen LogP contribution in [0, 0.1) is 17.7 Å². The van der Waals surface area contributed by atoms with Crippen molar-refractivity contribution in [2.75, 3.05) is 13.1 Å². The molecule has 0 radical (unpaired) electrons. The normalized spacial score (nSPS) is 16.7. The van der Waals surface area contributed by atoms with Crippen LogP contribution >= 0.6 is 0 Å². The lowest BCUT2D eigenvalue weighted by Gasteiger charge is -2.32. The smallest absolute Gasteiger partial charge is 0.254 e. The first-order valence-corrected chi connectivity index (χ1v) is 12.5. The van der Waals surface area contributed by atoms with E-state index in [9.17, 15) is 9.18 Å². The van der Waals surface area contributed by atoms with E-state index in [4.69, 9.17) is 4.98 Å². The third kappa shape index (κ3) is 4.67. The van der Waals surface area contributed by atoms with Gasteiger partial charge in [0.2, 0.25) is 0 Å². The van der Waals surface area contributed by atoms with Crippen LogP contribution in [0.4, 0.5) is 4.39 Å². The summed E-state index contributed by atoms with van der Waals surface area (Å²) in [5.74, 6) is 2.11. The van der Waals surface area contributed by atoms with Gasteiger partial charge in [-0.05, 0) is 73.9 Å². The summed E-state index contributed by atoms with van der Waals surface area (Å²) in [6.07, 6.45) is 7.31. The van der Waals surface area contributed by atoms with Gasteiger partial charge in [-0.3, -0.25) is 4.79 Å². The van der Waals surface area contributed by atoms with E-state index in [1.807, 2.05) is 41.6 Å². The maximum Gasteiger partial charge on any atom is 0.254 e. The molecule has 1 saturated heterocycles. The molecular formula is C28H28FN5O. The molecule has 2 fully saturated rings. The quantitative estimate of drug-likeness (QED) is 0.392. The number of carbonyl (C=O) groups is 1. The average Bonchev–Trinajstić information content (AvgIpc) is 3.61. The van der Waals surface area contributed by atoms with Crippen LogP contribution in [0.3, 0.4) is 0 Å². The zero-order valence-corrected chi connectivity index (χ0v) is 19.6. The summed E-state index contributed by atoms with van der Waals surface area (Å²) in [7, 11) is 0. The van der Waals surface area contributed by atoms with Crippen molar-refractivity contribution in [3.05, 3.63) is 78.1 Å². The summed E-state index contributed by atoms with van der Waals surface area (Å²) in [4.78, 5) is 20.4. The van der Waals surface area contributed by atoms with Gasteiger partial charge in [0, 0.05) is 37.0 Å². The van der Waals surface area contributed by atoms with E-state index >= 15 is 0 Å². The second-order valence-corrected chi connectivity index (χ2v) is 9.86. The number of piperidine rings is 1. The van der Waals surface area contributed by atoms with Crippen LogP contribution in [0.25, 0.3) is 22.2 Å². The Balaban J connectivity index is 1.19. The molecule has 178 valence electrons. The molecule has 1 saturated carbocycles. The fraction of sp³-hybridized carbons (Fsp3) is 0.357. The maximum absolute atomic E-state index is 13.7. The SMILES string of the molecule is O=C(c1cc(-c2ccc(F)cc2)nc2ccccc12)N1CCC(Cc2nncn2CC2CC2)CC1. The van der Waals surface area contributed by atoms with Gasteiger partial charge < -0.3 is 9.47 Å². The number of pyridine rings is 1. The number of rotatable bonds is 6. The van der Waals surface area contributed by atoms with Crippen LogP contribution in [-0.2, 0) is 13.0 Å². The molecule has 0 bridgehead atoms. The number of hydrogen-bond acceptors (Lipinski definition) is 4. The Bertz CT molecular complexity index is 1350. The first-order valence-electron chi connectivity index (χ1n) is 12.5. The molecule has 4 aromatic rings. The first-order chi connectivity index (χ1) is 17.1. The Morgan fingerprint density at radius 3 is 2.51 bits per heavy atom. The van der Waals surface area contributed by atoms with E-state index in [0.29, 0.717) is 17.2 Å². The molecular weight excluding hydrogens is 441 g/mol. The van der Waals surface area contributed by atoms with Crippen LogP contribution in [0.1, 0.15) is 41.9 Å². The van der Waals surface area contributed by atoms with Crippen molar-refractivity contribution in [1.29, 1.82) is 0 Å². The highest BCUT2D eigenvalue weighted by atomic mass is 19.1. The average molecular weight is 470 g/mol. The molecule has 0 spiro atoms. The van der Waals surface area contributed by atoms with Crippen molar-refractivity contribution in [3.63, 3.8) is 0 Å². The predicted octanol–water partition coefficient (Wildman–Crippen LogP) is 5.14. The molecule has 1 aliphatic heterocycles. The van der Waals surface area contributed by atoms with E-state index < -0.39 is 0 Å². The Kier molecular flexibility index (Phi) is 5.76. The van der Waals surface area contributed by atoms with Gasteiger partial charge >= 0.3 is 0 Å². The summed E-state index contributed by atoms with van der Waals surface area (Å²) < 4.78 is 15.7. The fourth-order valence-electron chi connectivity index (χ4n) is 5.06. The number of halogens is 1. The minimum atomic E-state index is -0.292. The topological polar surface area (TPSA) is 63.9 Å². The molecule has 0 N–H and O–H groups in total. The number of fused-ring (bicyclic) bond motifs is 1. The minimum Gasteiger partial charge on any atom is -0.339 e. The van der Waals surface area contributed by atoms with Crippen molar-refractivity contribution >= 4 is 16.8 Å². The molecule has 6 rings (SSSR count). The van der Waals surface area contributed by atoms with Gasteiger partial charge in [-0.2, -0.15) is 0 Å². The predicted molar refractivity (Wildman–Crippen MR) is 132 cm³/mol. The van der Waals surface area contributed by atoms with Crippen molar-refractivity contribution in [2.45, 2.75) is 38.6 Å². The largest absolute Gasteiger partial charge is 0.339 e. The number of para-hydroxylation sites is 1. The summed E-state index contributed by atoms with van der Waals surface area (Å²) in [5.41, 5.74) is 2.89. The van der Waals surface area contributed by atoms with E-state index in [1.54, 1.807) is 12.1 Å². The fourth-order valence-corrected chi connectivity index (χ4v) is 5.06. The van der Waals surface area contributed by atoms with Crippen molar-refractivity contribution < 1.29 is 9.18 Å². The van der Waals surface area contributed by atoms with Gasteiger partial charge in [0.15, 0.2) is 0 Å². The molecule has 0 atom stereocenters. The van der Waals surface area contributed by atoms with Crippen LogP contribution in [0.2, 0.25) is 0 Å². The van der Waals surface area contributed by atoms with Gasteiger partial charge in [0.1, 0.15) is 18.0 Å². The molecule has 0 unspecified atom stereocenters. The summed E-state index contributed by atoms with van der Waals surface area (Å²) in [5, 5.41) is 9.36. The monoisotopic (exact) mass is 469 g/mol. The van der Waals surface area contributed by atoms with Gasteiger partial charge in [0.05, 0.1) is 16.8 Å². The third-order valence-electron chi connectivity index (χ3n) is 7.31. The summed E-state index contributed by atoms with van der Waals surface area (Å²) >= 11 is 0. The standard InChI is InChI=1S/C28H28FN5O/c29-22-9-7-21(8-10-22)26-16-24(23-3-1-2-4-25(23)31-26)28(35)33-13-11-19(12-14-33)15-27-32-30-18-34(27)17-20-5-6-20/h1-4,7-10,16,18-20H,5-6,11-15,17H2. The molecule has 35 heavy (non-hydrogen) atoms. The maximum atomic E-state index is 13.7. The molecule has 2 aromatic carbocycles. The molecule has 2 aliphatic rings. The highest BCUT2D eigenvalue weighted by molar-refractivity contribution is 6.07. The molecule has 1 aliphatic carbocycles.